The van der Waals surface area contributed by atoms with Gasteiger partial charge in [-0.3, -0.25) is 0 Å². The van der Waals surface area contributed by atoms with Crippen molar-refractivity contribution in [3.8, 4) is 10.8 Å². The Morgan fingerprint density at radius 1 is 1.31 bits per heavy atom. The van der Waals surface area contributed by atoms with E-state index in [1.54, 1.807) is 6.92 Å². The summed E-state index contributed by atoms with van der Waals surface area (Å²) in [6.45, 7) is 3.65. The Morgan fingerprint density at radius 3 is 2.54 bits per heavy atom. The largest absolute Gasteiger partial charge is 0.438 e. The van der Waals surface area contributed by atoms with E-state index in [1.807, 2.05) is 6.92 Å². The molecule has 0 bridgehead atoms. The Kier molecular flexibility index (Phi) is 2.05. The summed E-state index contributed by atoms with van der Waals surface area (Å²) in [7, 11) is 0. The maximum atomic E-state index is 5.65. The average Bonchev–Trinajstić information content (AvgIpc) is 2.58. The molecule has 0 aliphatic carbocycles. The van der Waals surface area contributed by atoms with Crippen LogP contribution in [-0.2, 0) is 0 Å². The molecule has 0 radical (unpaired) electrons. The lowest BCUT2D eigenvalue weighted by Crippen LogP contribution is -1.77. The summed E-state index contributed by atoms with van der Waals surface area (Å²) in [6, 6.07) is 0. The maximum absolute atomic E-state index is 5.65. The minimum absolute atomic E-state index is 0.406. The van der Waals surface area contributed by atoms with Crippen molar-refractivity contribution in [3.63, 3.8) is 0 Å². The Bertz CT molecular complexity index is 437. The predicted octanol–water partition coefficient (Wildman–Crippen LogP) is 2.46. The van der Waals surface area contributed by atoms with E-state index in [0.717, 1.165) is 5.69 Å². The number of halogens is 1. The number of aryl methyl sites for hydroxylation is 2. The van der Waals surface area contributed by atoms with Gasteiger partial charge in [-0.25, -0.2) is 4.98 Å². The van der Waals surface area contributed by atoms with Gasteiger partial charge in [-0.2, -0.15) is 0 Å². The number of aromatic nitrogens is 3. The summed E-state index contributed by atoms with van der Waals surface area (Å²) in [5.41, 5.74) is 0.810. The van der Waals surface area contributed by atoms with Gasteiger partial charge in [0.05, 0.1) is 5.69 Å². The van der Waals surface area contributed by atoms with Crippen molar-refractivity contribution in [2.24, 2.45) is 0 Å². The van der Waals surface area contributed by atoms with Gasteiger partial charge in [0.2, 0.25) is 4.47 Å². The molecule has 0 spiro atoms. The highest BCUT2D eigenvalue weighted by Crippen LogP contribution is 2.28. The third-order valence-corrected chi connectivity index (χ3v) is 2.52. The zero-order chi connectivity index (χ0) is 9.42. The fraction of sp³-hybridized carbons (Fsp3) is 0.286. The van der Waals surface area contributed by atoms with Crippen LogP contribution in [0, 0.1) is 13.8 Å². The molecule has 4 nitrogen and oxygen atoms in total. The van der Waals surface area contributed by atoms with Gasteiger partial charge in [0.25, 0.3) is 0 Å². The second-order valence-corrected chi connectivity index (χ2v) is 4.07. The number of rotatable bonds is 1. The topological polar surface area (TPSA) is 51.8 Å². The van der Waals surface area contributed by atoms with Crippen molar-refractivity contribution in [2.45, 2.75) is 13.8 Å². The van der Waals surface area contributed by atoms with Gasteiger partial charge in [-0.1, -0.05) is 11.3 Å². The summed E-state index contributed by atoms with van der Waals surface area (Å²) in [5.74, 6) is 1.28. The van der Waals surface area contributed by atoms with Gasteiger partial charge < -0.3 is 4.42 Å². The molecule has 13 heavy (non-hydrogen) atoms. The smallest absolute Gasteiger partial charge is 0.207 e. The van der Waals surface area contributed by atoms with E-state index in [9.17, 15) is 0 Å². The third-order valence-electron chi connectivity index (χ3n) is 1.50. The first-order valence-electron chi connectivity index (χ1n) is 3.60. The molecule has 2 rings (SSSR count). The zero-order valence-electron chi connectivity index (χ0n) is 7.04. The average molecular weight is 216 g/mol. The molecular formula is C7H6ClN3OS. The van der Waals surface area contributed by atoms with Gasteiger partial charge >= 0.3 is 0 Å². The van der Waals surface area contributed by atoms with Crippen LogP contribution in [0.4, 0.5) is 0 Å². The maximum Gasteiger partial charge on any atom is 0.207 e. The van der Waals surface area contributed by atoms with Crippen molar-refractivity contribution in [3.05, 3.63) is 16.1 Å². The van der Waals surface area contributed by atoms with E-state index < -0.39 is 0 Å². The van der Waals surface area contributed by atoms with Crippen molar-refractivity contribution >= 4 is 22.9 Å². The molecule has 0 atom stereocenters. The molecular weight excluding hydrogens is 210 g/mol. The summed E-state index contributed by atoms with van der Waals surface area (Å²) >= 11 is 6.93. The van der Waals surface area contributed by atoms with Crippen molar-refractivity contribution < 1.29 is 4.42 Å². The van der Waals surface area contributed by atoms with E-state index in [1.165, 1.54) is 11.3 Å². The van der Waals surface area contributed by atoms with Crippen molar-refractivity contribution in [1.29, 1.82) is 0 Å². The minimum Gasteiger partial charge on any atom is -0.438 e. The van der Waals surface area contributed by atoms with Gasteiger partial charge in [-0.15, -0.1) is 10.2 Å². The first kappa shape index (κ1) is 8.65. The molecule has 0 aliphatic rings. The molecule has 2 aromatic heterocycles. The summed E-state index contributed by atoms with van der Waals surface area (Å²) in [6.07, 6.45) is 0. The monoisotopic (exact) mass is 215 g/mol. The minimum atomic E-state index is 0.406. The standard InChI is InChI=1S/C7H6ClN3OS/c1-3-5(12-4(2)9-3)6-10-11-7(8)13-6/h1-2H3. The van der Waals surface area contributed by atoms with Crippen LogP contribution >= 0.6 is 22.9 Å². The molecule has 6 heteroatoms. The summed E-state index contributed by atoms with van der Waals surface area (Å²) < 4.78 is 5.76. The van der Waals surface area contributed by atoms with Gasteiger partial charge in [0, 0.05) is 6.92 Å². The summed E-state index contributed by atoms with van der Waals surface area (Å²) in [4.78, 5) is 4.13. The Labute approximate surface area is 83.6 Å². The molecule has 0 unspecified atom stereocenters. The van der Waals surface area contributed by atoms with Crippen LogP contribution in [0.25, 0.3) is 10.8 Å². The molecule has 0 N–H and O–H groups in total. The highest BCUT2D eigenvalue weighted by Gasteiger charge is 2.13. The third kappa shape index (κ3) is 1.57. The van der Waals surface area contributed by atoms with E-state index in [2.05, 4.69) is 15.2 Å². The van der Waals surface area contributed by atoms with Crippen molar-refractivity contribution in [2.75, 3.05) is 0 Å². The van der Waals surface area contributed by atoms with Crippen LogP contribution < -0.4 is 0 Å². The lowest BCUT2D eigenvalue weighted by molar-refractivity contribution is 0.533. The van der Waals surface area contributed by atoms with Crippen LogP contribution in [0.3, 0.4) is 0 Å². The van der Waals surface area contributed by atoms with Gasteiger partial charge in [-0.05, 0) is 18.5 Å². The first-order chi connectivity index (χ1) is 6.16. The molecule has 0 amide bonds. The second kappa shape index (κ2) is 3.08. The molecule has 2 aromatic rings. The first-order valence-corrected chi connectivity index (χ1v) is 4.79. The van der Waals surface area contributed by atoms with Crippen LogP contribution in [0.5, 0.6) is 0 Å². The van der Waals surface area contributed by atoms with Crippen LogP contribution in [-0.4, -0.2) is 15.2 Å². The normalized spacial score (nSPS) is 10.7. The predicted molar refractivity (Wildman–Crippen MR) is 49.9 cm³/mol. The molecule has 68 valence electrons. The van der Waals surface area contributed by atoms with Gasteiger partial charge in [0.15, 0.2) is 16.7 Å². The van der Waals surface area contributed by atoms with Crippen LogP contribution in [0.15, 0.2) is 4.42 Å². The van der Waals surface area contributed by atoms with E-state index >= 15 is 0 Å². The van der Waals surface area contributed by atoms with E-state index in [4.69, 9.17) is 16.0 Å². The molecule has 0 saturated heterocycles. The molecule has 0 aromatic carbocycles. The Hall–Kier alpha value is -0.940. The van der Waals surface area contributed by atoms with E-state index in [-0.39, 0.29) is 0 Å². The molecule has 0 fully saturated rings. The number of hydrogen-bond acceptors (Lipinski definition) is 5. The zero-order valence-corrected chi connectivity index (χ0v) is 8.61. The van der Waals surface area contributed by atoms with Crippen LogP contribution in [0.1, 0.15) is 11.6 Å². The quantitative estimate of drug-likeness (QED) is 0.733. The highest BCUT2D eigenvalue weighted by atomic mass is 35.5. The lowest BCUT2D eigenvalue weighted by Gasteiger charge is -1.86. The molecule has 0 aliphatic heterocycles. The Morgan fingerprint density at radius 2 is 2.08 bits per heavy atom. The van der Waals surface area contributed by atoms with Crippen LogP contribution in [0.2, 0.25) is 4.47 Å². The fourth-order valence-corrected chi connectivity index (χ4v) is 1.89. The summed E-state index contributed by atoms with van der Waals surface area (Å²) in [5, 5.41) is 8.22. The highest BCUT2D eigenvalue weighted by molar-refractivity contribution is 7.18. The number of hydrogen-bond donors (Lipinski definition) is 0. The molecule has 0 saturated carbocycles. The second-order valence-electron chi connectivity index (χ2n) is 2.51. The fourth-order valence-electron chi connectivity index (χ4n) is 1.03. The number of oxazole rings is 1. The van der Waals surface area contributed by atoms with E-state index in [0.29, 0.717) is 21.1 Å². The Balaban J connectivity index is 2.51. The van der Waals surface area contributed by atoms with Gasteiger partial charge in [0.1, 0.15) is 0 Å². The van der Waals surface area contributed by atoms with Crippen molar-refractivity contribution in [1.82, 2.24) is 15.2 Å². The number of nitrogens with zero attached hydrogens (tertiary/aromatic N) is 3. The molecule has 2 heterocycles. The lowest BCUT2D eigenvalue weighted by atomic mass is 10.4. The SMILES string of the molecule is Cc1nc(C)c(-c2nnc(Cl)s2)o1.